The second-order valence-corrected chi connectivity index (χ2v) is 7.51. The minimum atomic E-state index is -0.364. The number of hydrogen-bond donors (Lipinski definition) is 1. The molecule has 1 aliphatic heterocycles. The molecule has 0 saturated carbocycles. The highest BCUT2D eigenvalue weighted by Crippen LogP contribution is 2.27. The predicted molar refractivity (Wildman–Crippen MR) is 109 cm³/mol. The van der Waals surface area contributed by atoms with Crippen LogP contribution >= 0.6 is 0 Å². The highest BCUT2D eigenvalue weighted by molar-refractivity contribution is 6.00. The topological polar surface area (TPSA) is 80.4 Å². The number of amides is 2. The molecule has 1 fully saturated rings. The number of carbonyl (C=O) groups is 2. The standard InChI is InChI=1S/C22H24N4O3/c1-14-6-7-18(9-15(14)2)26-13-16(10-21(26)27)22(28)23-12-17-11-19(25(3)24-17)20-5-4-8-29-20/h4-9,11,16H,10,12-13H2,1-3H3,(H,23,28)/t16-/m0/s1. The van der Waals surface area contributed by atoms with Crippen LogP contribution in [0.4, 0.5) is 5.69 Å². The summed E-state index contributed by atoms with van der Waals surface area (Å²) in [7, 11) is 1.83. The molecule has 2 aromatic heterocycles. The van der Waals surface area contributed by atoms with Crippen LogP contribution in [-0.2, 0) is 23.2 Å². The summed E-state index contributed by atoms with van der Waals surface area (Å²) < 4.78 is 7.13. The smallest absolute Gasteiger partial charge is 0.227 e. The van der Waals surface area contributed by atoms with Gasteiger partial charge in [-0.2, -0.15) is 5.10 Å². The van der Waals surface area contributed by atoms with Crippen molar-refractivity contribution < 1.29 is 14.0 Å². The minimum absolute atomic E-state index is 0.0219. The summed E-state index contributed by atoms with van der Waals surface area (Å²) in [4.78, 5) is 26.8. The Labute approximate surface area is 169 Å². The molecular weight excluding hydrogens is 368 g/mol. The Morgan fingerprint density at radius 2 is 2.07 bits per heavy atom. The SMILES string of the molecule is Cc1ccc(N2C[C@@H](C(=O)NCc3cc(-c4ccco4)n(C)n3)CC2=O)cc1C. The molecular formula is C22H24N4O3. The van der Waals surface area contributed by atoms with Crippen LogP contribution in [0.2, 0.25) is 0 Å². The van der Waals surface area contributed by atoms with Crippen molar-refractivity contribution in [3.8, 4) is 11.5 Å². The maximum Gasteiger partial charge on any atom is 0.227 e. The van der Waals surface area contributed by atoms with Crippen molar-refractivity contribution in [2.75, 3.05) is 11.4 Å². The van der Waals surface area contributed by atoms with Gasteiger partial charge in [0.25, 0.3) is 0 Å². The van der Waals surface area contributed by atoms with Crippen LogP contribution in [-0.4, -0.2) is 28.1 Å². The van der Waals surface area contributed by atoms with Crippen LogP contribution in [0.25, 0.3) is 11.5 Å². The van der Waals surface area contributed by atoms with E-state index in [-0.39, 0.29) is 24.2 Å². The van der Waals surface area contributed by atoms with Gasteiger partial charge in [0.2, 0.25) is 11.8 Å². The molecule has 1 aromatic carbocycles. The lowest BCUT2D eigenvalue weighted by molar-refractivity contribution is -0.126. The number of anilines is 1. The first-order valence-corrected chi connectivity index (χ1v) is 9.64. The molecule has 7 nitrogen and oxygen atoms in total. The number of benzene rings is 1. The molecule has 29 heavy (non-hydrogen) atoms. The molecule has 3 heterocycles. The fourth-order valence-electron chi connectivity index (χ4n) is 3.62. The normalized spacial score (nSPS) is 16.4. The zero-order chi connectivity index (χ0) is 20.5. The van der Waals surface area contributed by atoms with Gasteiger partial charge in [0.1, 0.15) is 5.69 Å². The number of furan rings is 1. The molecule has 3 aromatic rings. The summed E-state index contributed by atoms with van der Waals surface area (Å²) >= 11 is 0. The molecule has 0 unspecified atom stereocenters. The lowest BCUT2D eigenvalue weighted by atomic mass is 10.1. The lowest BCUT2D eigenvalue weighted by Gasteiger charge is -2.18. The molecule has 7 heteroatoms. The average molecular weight is 392 g/mol. The molecule has 0 bridgehead atoms. The number of aromatic nitrogens is 2. The highest BCUT2D eigenvalue weighted by atomic mass is 16.3. The number of nitrogens with one attached hydrogen (secondary N) is 1. The van der Waals surface area contributed by atoms with E-state index in [0.717, 1.165) is 28.4 Å². The Morgan fingerprint density at radius 1 is 1.24 bits per heavy atom. The molecule has 1 saturated heterocycles. The Balaban J connectivity index is 1.39. The molecule has 0 spiro atoms. The largest absolute Gasteiger partial charge is 0.463 e. The zero-order valence-corrected chi connectivity index (χ0v) is 16.8. The third-order valence-corrected chi connectivity index (χ3v) is 5.45. The van der Waals surface area contributed by atoms with Gasteiger partial charge >= 0.3 is 0 Å². The quantitative estimate of drug-likeness (QED) is 0.724. The Hall–Kier alpha value is -3.35. The molecule has 2 amide bonds. The van der Waals surface area contributed by atoms with Gasteiger partial charge in [0, 0.05) is 25.7 Å². The first-order chi connectivity index (χ1) is 13.9. The van der Waals surface area contributed by atoms with Gasteiger partial charge < -0.3 is 14.6 Å². The van der Waals surface area contributed by atoms with Crippen LogP contribution in [0.1, 0.15) is 23.2 Å². The van der Waals surface area contributed by atoms with E-state index >= 15 is 0 Å². The van der Waals surface area contributed by atoms with E-state index in [2.05, 4.69) is 10.4 Å². The minimum Gasteiger partial charge on any atom is -0.463 e. The zero-order valence-electron chi connectivity index (χ0n) is 16.8. The van der Waals surface area contributed by atoms with Gasteiger partial charge in [0.05, 0.1) is 24.4 Å². The maximum absolute atomic E-state index is 12.6. The fourth-order valence-corrected chi connectivity index (χ4v) is 3.62. The van der Waals surface area contributed by atoms with Gasteiger partial charge in [-0.25, -0.2) is 0 Å². The van der Waals surface area contributed by atoms with Gasteiger partial charge in [-0.15, -0.1) is 0 Å². The molecule has 150 valence electrons. The van der Waals surface area contributed by atoms with Crippen molar-refractivity contribution in [2.45, 2.75) is 26.8 Å². The summed E-state index contributed by atoms with van der Waals surface area (Å²) in [6, 6.07) is 11.5. The van der Waals surface area contributed by atoms with E-state index < -0.39 is 0 Å². The molecule has 1 atom stereocenters. The third-order valence-electron chi connectivity index (χ3n) is 5.45. The third kappa shape index (κ3) is 3.81. The van der Waals surface area contributed by atoms with Crippen molar-refractivity contribution >= 4 is 17.5 Å². The van der Waals surface area contributed by atoms with E-state index in [0.29, 0.717) is 13.1 Å². The average Bonchev–Trinajstić information content (AvgIpc) is 3.42. The summed E-state index contributed by atoms with van der Waals surface area (Å²) in [6.07, 6.45) is 1.83. The molecule has 4 rings (SSSR count). The summed E-state index contributed by atoms with van der Waals surface area (Å²) in [6.45, 7) is 4.76. The molecule has 1 aliphatic rings. The van der Waals surface area contributed by atoms with E-state index in [1.165, 1.54) is 5.56 Å². The first kappa shape index (κ1) is 19.0. The second-order valence-electron chi connectivity index (χ2n) is 7.51. The number of aryl methyl sites for hydroxylation is 3. The van der Waals surface area contributed by atoms with Gasteiger partial charge in [-0.1, -0.05) is 6.07 Å². The Kier molecular flexibility index (Phi) is 4.96. The van der Waals surface area contributed by atoms with E-state index in [9.17, 15) is 9.59 Å². The van der Waals surface area contributed by atoms with E-state index in [4.69, 9.17) is 4.42 Å². The number of hydrogen-bond acceptors (Lipinski definition) is 4. The Bertz CT molecular complexity index is 1050. The summed E-state index contributed by atoms with van der Waals surface area (Å²) in [5.74, 6) is 0.210. The Morgan fingerprint density at radius 3 is 2.79 bits per heavy atom. The van der Waals surface area contributed by atoms with Crippen molar-refractivity contribution in [3.05, 3.63) is 59.5 Å². The molecule has 0 radical (unpaired) electrons. The van der Waals surface area contributed by atoms with Crippen LogP contribution in [0.15, 0.2) is 47.1 Å². The van der Waals surface area contributed by atoms with Crippen molar-refractivity contribution in [2.24, 2.45) is 13.0 Å². The monoisotopic (exact) mass is 392 g/mol. The van der Waals surface area contributed by atoms with Crippen LogP contribution in [0.5, 0.6) is 0 Å². The van der Waals surface area contributed by atoms with Gasteiger partial charge in [0.15, 0.2) is 5.76 Å². The molecule has 0 aliphatic carbocycles. The number of rotatable bonds is 5. The van der Waals surface area contributed by atoms with Crippen LogP contribution < -0.4 is 10.2 Å². The van der Waals surface area contributed by atoms with E-state index in [1.54, 1.807) is 15.8 Å². The van der Waals surface area contributed by atoms with Crippen molar-refractivity contribution in [1.29, 1.82) is 0 Å². The van der Waals surface area contributed by atoms with E-state index in [1.807, 2.05) is 57.3 Å². The number of carbonyl (C=O) groups excluding carboxylic acids is 2. The van der Waals surface area contributed by atoms with Gasteiger partial charge in [-0.3, -0.25) is 14.3 Å². The lowest BCUT2D eigenvalue weighted by Crippen LogP contribution is -2.32. The second kappa shape index (κ2) is 7.58. The highest BCUT2D eigenvalue weighted by Gasteiger charge is 2.35. The summed E-state index contributed by atoms with van der Waals surface area (Å²) in [5.41, 5.74) is 4.74. The maximum atomic E-state index is 12.6. The number of nitrogens with zero attached hydrogens (tertiary/aromatic N) is 3. The van der Waals surface area contributed by atoms with Crippen LogP contribution in [0, 0.1) is 19.8 Å². The van der Waals surface area contributed by atoms with Crippen LogP contribution in [0.3, 0.4) is 0 Å². The predicted octanol–water partition coefficient (Wildman–Crippen LogP) is 2.97. The fraction of sp³-hybridized carbons (Fsp3) is 0.318. The van der Waals surface area contributed by atoms with Crippen molar-refractivity contribution in [3.63, 3.8) is 0 Å². The molecule has 1 N–H and O–H groups in total. The first-order valence-electron chi connectivity index (χ1n) is 9.64. The van der Waals surface area contributed by atoms with Gasteiger partial charge in [-0.05, 0) is 55.3 Å². The summed E-state index contributed by atoms with van der Waals surface area (Å²) in [5, 5.41) is 7.34. The van der Waals surface area contributed by atoms with Crippen molar-refractivity contribution in [1.82, 2.24) is 15.1 Å².